The fourth-order valence-corrected chi connectivity index (χ4v) is 2.14. The molecule has 0 bridgehead atoms. The number of amides is 2. The molecule has 2 N–H and O–H groups in total. The van der Waals surface area contributed by atoms with Crippen LogP contribution in [0, 0.1) is 19.3 Å². The molecule has 0 spiro atoms. The molecule has 0 radical (unpaired) electrons. The van der Waals surface area contributed by atoms with Crippen LogP contribution in [-0.2, 0) is 4.79 Å². The summed E-state index contributed by atoms with van der Waals surface area (Å²) in [6.45, 7) is 9.52. The fourth-order valence-electron chi connectivity index (χ4n) is 2.14. The Kier molecular flexibility index (Phi) is 5.07. The molecule has 2 rings (SSSR count). The number of carbonyl (C=O) groups excluding carboxylic acids is 2. The summed E-state index contributed by atoms with van der Waals surface area (Å²) in [5.74, 6) is -0.287. The van der Waals surface area contributed by atoms with Crippen molar-refractivity contribution in [2.75, 3.05) is 10.6 Å². The van der Waals surface area contributed by atoms with E-state index in [4.69, 9.17) is 0 Å². The molecule has 4 nitrogen and oxygen atoms in total. The van der Waals surface area contributed by atoms with Gasteiger partial charge < -0.3 is 10.6 Å². The largest absolute Gasteiger partial charge is 0.326 e. The maximum atomic E-state index is 12.5. The van der Waals surface area contributed by atoms with E-state index in [9.17, 15) is 9.59 Å². The average molecular weight is 324 g/mol. The highest BCUT2D eigenvalue weighted by atomic mass is 16.2. The highest BCUT2D eigenvalue weighted by molar-refractivity contribution is 6.06. The van der Waals surface area contributed by atoms with E-state index < -0.39 is 5.41 Å². The van der Waals surface area contributed by atoms with Crippen molar-refractivity contribution in [1.82, 2.24) is 0 Å². The lowest BCUT2D eigenvalue weighted by Gasteiger charge is -2.18. The lowest BCUT2D eigenvalue weighted by Crippen LogP contribution is -2.27. The molecular weight excluding hydrogens is 300 g/mol. The Bertz CT molecular complexity index is 773. The third-order valence-electron chi connectivity index (χ3n) is 3.92. The second-order valence-corrected chi connectivity index (χ2v) is 6.99. The van der Waals surface area contributed by atoms with Crippen molar-refractivity contribution in [2.45, 2.75) is 34.6 Å². The van der Waals surface area contributed by atoms with Gasteiger partial charge in [0.25, 0.3) is 5.91 Å². The molecule has 2 aromatic carbocycles. The van der Waals surface area contributed by atoms with Crippen molar-refractivity contribution in [1.29, 1.82) is 0 Å². The van der Waals surface area contributed by atoms with Crippen LogP contribution in [0.15, 0.2) is 42.5 Å². The summed E-state index contributed by atoms with van der Waals surface area (Å²) < 4.78 is 0. The summed E-state index contributed by atoms with van der Waals surface area (Å²) in [7, 11) is 0. The van der Waals surface area contributed by atoms with Crippen LogP contribution in [0.3, 0.4) is 0 Å². The number of nitrogens with one attached hydrogen (secondary N) is 2. The Morgan fingerprint density at radius 1 is 0.917 bits per heavy atom. The number of anilines is 2. The first-order valence-electron chi connectivity index (χ1n) is 7.97. The minimum absolute atomic E-state index is 0.0883. The molecule has 0 aliphatic rings. The van der Waals surface area contributed by atoms with E-state index in [0.717, 1.165) is 16.8 Å². The lowest BCUT2D eigenvalue weighted by molar-refractivity contribution is -0.123. The van der Waals surface area contributed by atoms with Gasteiger partial charge in [-0.25, -0.2) is 0 Å². The molecule has 2 aromatic rings. The van der Waals surface area contributed by atoms with Crippen LogP contribution in [0.25, 0.3) is 0 Å². The van der Waals surface area contributed by atoms with E-state index >= 15 is 0 Å². The van der Waals surface area contributed by atoms with E-state index in [-0.39, 0.29) is 11.8 Å². The standard InChI is InChI=1S/C20H24N2O2/c1-13-8-6-11-17(14(13)2)22-18(23)15-9-7-10-16(12-15)21-19(24)20(3,4)5/h6-12H,1-5H3,(H,21,24)(H,22,23). The van der Waals surface area contributed by atoms with Crippen LogP contribution >= 0.6 is 0 Å². The van der Waals surface area contributed by atoms with Gasteiger partial charge >= 0.3 is 0 Å². The number of hydrogen-bond acceptors (Lipinski definition) is 2. The second kappa shape index (κ2) is 6.87. The smallest absolute Gasteiger partial charge is 0.255 e. The molecular formula is C20H24N2O2. The zero-order valence-corrected chi connectivity index (χ0v) is 14.9. The maximum absolute atomic E-state index is 12.5. The number of rotatable bonds is 3. The normalized spacial score (nSPS) is 11.0. The molecule has 0 unspecified atom stereocenters. The van der Waals surface area contributed by atoms with Gasteiger partial charge in [-0.1, -0.05) is 39.0 Å². The topological polar surface area (TPSA) is 58.2 Å². The van der Waals surface area contributed by atoms with Crippen molar-refractivity contribution in [2.24, 2.45) is 5.41 Å². The molecule has 126 valence electrons. The molecule has 24 heavy (non-hydrogen) atoms. The van der Waals surface area contributed by atoms with E-state index in [2.05, 4.69) is 10.6 Å². The Labute approximate surface area is 143 Å². The second-order valence-electron chi connectivity index (χ2n) is 6.99. The van der Waals surface area contributed by atoms with Gasteiger partial charge in [0.05, 0.1) is 0 Å². The van der Waals surface area contributed by atoms with Crippen LogP contribution in [0.1, 0.15) is 42.3 Å². The molecule has 0 fully saturated rings. The van der Waals surface area contributed by atoms with Gasteiger partial charge in [0, 0.05) is 22.4 Å². The Morgan fingerprint density at radius 3 is 2.25 bits per heavy atom. The first kappa shape index (κ1) is 17.7. The van der Waals surface area contributed by atoms with Gasteiger partial charge in [-0.05, 0) is 49.2 Å². The number of hydrogen-bond donors (Lipinski definition) is 2. The van der Waals surface area contributed by atoms with Crippen LogP contribution in [-0.4, -0.2) is 11.8 Å². The summed E-state index contributed by atoms with van der Waals surface area (Å²) >= 11 is 0. The number of carbonyl (C=O) groups is 2. The minimum atomic E-state index is -0.489. The number of benzene rings is 2. The molecule has 4 heteroatoms. The highest BCUT2D eigenvalue weighted by Gasteiger charge is 2.21. The molecule has 0 saturated carbocycles. The molecule has 0 aliphatic heterocycles. The monoisotopic (exact) mass is 324 g/mol. The first-order chi connectivity index (χ1) is 11.2. The van der Waals surface area contributed by atoms with E-state index in [1.807, 2.05) is 52.8 Å². The molecule has 0 aromatic heterocycles. The minimum Gasteiger partial charge on any atom is -0.326 e. The average Bonchev–Trinajstić information content (AvgIpc) is 2.51. The predicted octanol–water partition coefficient (Wildman–Crippen LogP) is 4.54. The molecule has 0 aliphatic carbocycles. The summed E-state index contributed by atoms with van der Waals surface area (Å²) in [5, 5.41) is 5.77. The van der Waals surface area contributed by atoms with Gasteiger partial charge in [0.2, 0.25) is 5.91 Å². The third kappa shape index (κ3) is 4.22. The Balaban J connectivity index is 2.17. The summed E-state index contributed by atoms with van der Waals surface area (Å²) in [6.07, 6.45) is 0. The van der Waals surface area contributed by atoms with Gasteiger partial charge in [-0.3, -0.25) is 9.59 Å². The summed E-state index contributed by atoms with van der Waals surface area (Å²) in [6, 6.07) is 12.8. The predicted molar refractivity (Wildman–Crippen MR) is 98.4 cm³/mol. The lowest BCUT2D eigenvalue weighted by atomic mass is 9.95. The van der Waals surface area contributed by atoms with E-state index in [1.165, 1.54) is 0 Å². The van der Waals surface area contributed by atoms with Crippen molar-refractivity contribution >= 4 is 23.2 Å². The number of aryl methyl sites for hydroxylation is 1. The van der Waals surface area contributed by atoms with Crippen LogP contribution in [0.4, 0.5) is 11.4 Å². The Morgan fingerprint density at radius 2 is 1.58 bits per heavy atom. The van der Waals surface area contributed by atoms with Crippen molar-refractivity contribution in [3.63, 3.8) is 0 Å². The van der Waals surface area contributed by atoms with Crippen molar-refractivity contribution in [3.8, 4) is 0 Å². The van der Waals surface area contributed by atoms with Crippen molar-refractivity contribution in [3.05, 3.63) is 59.2 Å². The van der Waals surface area contributed by atoms with E-state index in [1.54, 1.807) is 24.3 Å². The summed E-state index contributed by atoms with van der Waals surface area (Å²) in [4.78, 5) is 24.6. The van der Waals surface area contributed by atoms with Gasteiger partial charge in [0.15, 0.2) is 0 Å². The molecule has 0 atom stereocenters. The molecule has 0 heterocycles. The maximum Gasteiger partial charge on any atom is 0.255 e. The molecule has 0 saturated heterocycles. The summed E-state index contributed by atoms with van der Waals surface area (Å²) in [5.41, 5.74) is 3.59. The van der Waals surface area contributed by atoms with Gasteiger partial charge in [0.1, 0.15) is 0 Å². The Hall–Kier alpha value is -2.62. The van der Waals surface area contributed by atoms with Crippen LogP contribution in [0.2, 0.25) is 0 Å². The highest BCUT2D eigenvalue weighted by Crippen LogP contribution is 2.21. The van der Waals surface area contributed by atoms with Crippen LogP contribution in [0.5, 0.6) is 0 Å². The van der Waals surface area contributed by atoms with Crippen LogP contribution < -0.4 is 10.6 Å². The van der Waals surface area contributed by atoms with Gasteiger partial charge in [-0.15, -0.1) is 0 Å². The zero-order chi connectivity index (χ0) is 17.9. The van der Waals surface area contributed by atoms with E-state index in [0.29, 0.717) is 11.3 Å². The zero-order valence-electron chi connectivity index (χ0n) is 14.9. The first-order valence-corrected chi connectivity index (χ1v) is 7.97. The van der Waals surface area contributed by atoms with Gasteiger partial charge in [-0.2, -0.15) is 0 Å². The third-order valence-corrected chi connectivity index (χ3v) is 3.92. The fraction of sp³-hybridized carbons (Fsp3) is 0.300. The molecule has 2 amide bonds. The quantitative estimate of drug-likeness (QED) is 0.871. The SMILES string of the molecule is Cc1cccc(NC(=O)c2cccc(NC(=O)C(C)(C)C)c2)c1C. The van der Waals surface area contributed by atoms with Crippen molar-refractivity contribution < 1.29 is 9.59 Å².